The summed E-state index contributed by atoms with van der Waals surface area (Å²) in [5.74, 6) is 2.36. The van der Waals surface area contributed by atoms with Crippen LogP contribution in [0.25, 0.3) is 0 Å². The molecule has 164 valence electrons. The van der Waals surface area contributed by atoms with E-state index < -0.39 is 5.54 Å². The minimum atomic E-state index is -1.33. The normalized spacial score (nSPS) is 20.4. The van der Waals surface area contributed by atoms with Crippen LogP contribution in [0.1, 0.15) is 37.4 Å². The third-order valence-corrected chi connectivity index (χ3v) is 5.32. The molecular formula is C22H27N5O4. The van der Waals surface area contributed by atoms with E-state index in [0.29, 0.717) is 29.7 Å². The molecule has 2 N–H and O–H groups in total. The predicted molar refractivity (Wildman–Crippen MR) is 118 cm³/mol. The van der Waals surface area contributed by atoms with Crippen molar-refractivity contribution in [3.05, 3.63) is 75.9 Å². The molecule has 9 nitrogen and oxygen atoms in total. The quantitative estimate of drug-likeness (QED) is 0.493. The number of pyridine rings is 1. The van der Waals surface area contributed by atoms with Gasteiger partial charge in [-0.2, -0.15) is 0 Å². The van der Waals surface area contributed by atoms with E-state index >= 15 is 0 Å². The lowest BCUT2D eigenvalue weighted by Crippen LogP contribution is -2.54. The van der Waals surface area contributed by atoms with E-state index in [1.165, 1.54) is 0 Å². The van der Waals surface area contributed by atoms with Gasteiger partial charge in [-0.3, -0.25) is 20.1 Å². The van der Waals surface area contributed by atoms with Gasteiger partial charge in [0.15, 0.2) is 5.84 Å². The van der Waals surface area contributed by atoms with Crippen LogP contribution < -0.4 is 20.1 Å². The van der Waals surface area contributed by atoms with E-state index in [-0.39, 0.29) is 17.4 Å². The first-order valence-electron chi connectivity index (χ1n) is 9.92. The number of hydrogen-bond acceptors (Lipinski definition) is 7. The van der Waals surface area contributed by atoms with Crippen LogP contribution in [-0.4, -0.2) is 35.5 Å². The number of nitrogens with zero attached hydrogens (tertiary/aromatic N) is 3. The number of aromatic nitrogens is 1. The molecule has 0 amide bonds. The molecule has 0 saturated carbocycles. The summed E-state index contributed by atoms with van der Waals surface area (Å²) in [6.45, 7) is 3.93. The smallest absolute Gasteiger partial charge is 0.279 e. The predicted octanol–water partition coefficient (Wildman–Crippen LogP) is 3.22. The summed E-state index contributed by atoms with van der Waals surface area (Å²) in [6, 6.07) is 9.02. The Bertz CT molecular complexity index is 993. The van der Waals surface area contributed by atoms with Crippen LogP contribution in [-0.2, 0) is 6.54 Å². The first-order valence-corrected chi connectivity index (χ1v) is 9.92. The summed E-state index contributed by atoms with van der Waals surface area (Å²) in [5, 5.41) is 18.2. The van der Waals surface area contributed by atoms with Gasteiger partial charge in [0.1, 0.15) is 17.3 Å². The van der Waals surface area contributed by atoms with Crippen LogP contribution in [0, 0.1) is 10.1 Å². The Morgan fingerprint density at radius 3 is 2.81 bits per heavy atom. The van der Waals surface area contributed by atoms with Crippen molar-refractivity contribution in [2.24, 2.45) is 4.99 Å². The van der Waals surface area contributed by atoms with E-state index in [2.05, 4.69) is 20.6 Å². The van der Waals surface area contributed by atoms with E-state index in [1.807, 2.05) is 37.3 Å². The minimum absolute atomic E-state index is 0.216. The second kappa shape index (κ2) is 9.46. The number of nitrogens with one attached hydrogen (secondary N) is 2. The zero-order valence-corrected chi connectivity index (χ0v) is 18.1. The fourth-order valence-corrected chi connectivity index (χ4v) is 3.24. The number of methoxy groups -OCH3 is 2. The van der Waals surface area contributed by atoms with Gasteiger partial charge in [-0.15, -0.1) is 0 Å². The van der Waals surface area contributed by atoms with Gasteiger partial charge < -0.3 is 20.1 Å². The Labute approximate surface area is 181 Å². The molecule has 3 rings (SSSR count). The summed E-state index contributed by atoms with van der Waals surface area (Å²) in [7, 11) is 3.20. The summed E-state index contributed by atoms with van der Waals surface area (Å²) in [6.07, 6.45) is 5.40. The highest BCUT2D eigenvalue weighted by Crippen LogP contribution is 2.27. The zero-order chi connectivity index (χ0) is 22.4. The lowest BCUT2D eigenvalue weighted by Gasteiger charge is -2.29. The van der Waals surface area contributed by atoms with Gasteiger partial charge in [-0.25, -0.2) is 0 Å². The number of hydrogen-bond donors (Lipinski definition) is 2. The van der Waals surface area contributed by atoms with Crippen molar-refractivity contribution in [2.45, 2.75) is 38.4 Å². The first kappa shape index (κ1) is 22.1. The molecule has 1 aromatic carbocycles. The van der Waals surface area contributed by atoms with E-state index in [9.17, 15) is 10.1 Å². The second-order valence-corrected chi connectivity index (χ2v) is 7.45. The number of aliphatic imine (C=N–C) groups is 1. The molecule has 31 heavy (non-hydrogen) atoms. The molecule has 0 aliphatic carbocycles. The Morgan fingerprint density at radius 2 is 2.16 bits per heavy atom. The molecule has 9 heteroatoms. The van der Waals surface area contributed by atoms with Crippen molar-refractivity contribution >= 4 is 5.84 Å². The maximum absolute atomic E-state index is 11.8. The van der Waals surface area contributed by atoms with Crippen molar-refractivity contribution < 1.29 is 14.4 Å². The molecule has 1 aliphatic rings. The van der Waals surface area contributed by atoms with Crippen LogP contribution in [0.4, 0.5) is 0 Å². The topological polar surface area (TPSA) is 111 Å². The lowest BCUT2D eigenvalue weighted by atomic mass is 9.93. The van der Waals surface area contributed by atoms with Crippen molar-refractivity contribution in [1.29, 1.82) is 0 Å². The molecule has 2 atom stereocenters. The van der Waals surface area contributed by atoms with Crippen molar-refractivity contribution in [3.63, 3.8) is 0 Å². The summed E-state index contributed by atoms with van der Waals surface area (Å²) < 4.78 is 10.7. The second-order valence-electron chi connectivity index (χ2n) is 7.45. The minimum Gasteiger partial charge on any atom is -0.497 e. The van der Waals surface area contributed by atoms with Gasteiger partial charge in [0.25, 0.3) is 5.54 Å². The monoisotopic (exact) mass is 425 g/mol. The summed E-state index contributed by atoms with van der Waals surface area (Å²) in [4.78, 5) is 20.3. The molecule has 0 radical (unpaired) electrons. The van der Waals surface area contributed by atoms with Crippen molar-refractivity contribution in [1.82, 2.24) is 15.6 Å². The molecule has 2 unspecified atom stereocenters. The van der Waals surface area contributed by atoms with E-state index in [0.717, 1.165) is 11.1 Å². The molecule has 1 aromatic heterocycles. The highest BCUT2D eigenvalue weighted by Gasteiger charge is 2.45. The summed E-state index contributed by atoms with van der Waals surface area (Å²) >= 11 is 0. The Kier molecular flexibility index (Phi) is 6.74. The number of benzene rings is 1. The van der Waals surface area contributed by atoms with Gasteiger partial charge >= 0.3 is 0 Å². The van der Waals surface area contributed by atoms with Crippen LogP contribution in [0.2, 0.25) is 0 Å². The number of rotatable bonds is 8. The largest absolute Gasteiger partial charge is 0.497 e. The van der Waals surface area contributed by atoms with E-state index in [1.54, 1.807) is 39.6 Å². The highest BCUT2D eigenvalue weighted by molar-refractivity contribution is 5.92. The fraction of sp³-hybridized carbons (Fsp3) is 0.364. The molecule has 2 aromatic rings. The average molecular weight is 425 g/mol. The Morgan fingerprint density at radius 1 is 1.35 bits per heavy atom. The van der Waals surface area contributed by atoms with Gasteiger partial charge in [0, 0.05) is 48.8 Å². The summed E-state index contributed by atoms with van der Waals surface area (Å²) in [5.41, 5.74) is 0.477. The van der Waals surface area contributed by atoms with Gasteiger partial charge in [0.2, 0.25) is 0 Å². The molecule has 0 fully saturated rings. The third kappa shape index (κ3) is 4.93. The average Bonchev–Trinajstić information content (AvgIpc) is 2.79. The molecule has 1 aliphatic heterocycles. The molecule has 2 heterocycles. The SMILES string of the molecule is COc1ccc(CNC2=CCC(C)([N+](=O)[O-])C(=NC(C)c3cccnc3)N2)c(OC)c1. The molecule has 0 saturated heterocycles. The lowest BCUT2D eigenvalue weighted by molar-refractivity contribution is -0.542. The van der Waals surface area contributed by atoms with Crippen molar-refractivity contribution in [2.75, 3.05) is 14.2 Å². The zero-order valence-electron chi connectivity index (χ0n) is 18.1. The van der Waals surface area contributed by atoms with Crippen molar-refractivity contribution in [3.8, 4) is 11.5 Å². The van der Waals surface area contributed by atoms with Crippen LogP contribution in [0.3, 0.4) is 0 Å². The Balaban J connectivity index is 1.80. The van der Waals surface area contributed by atoms with Gasteiger partial charge in [-0.05, 0) is 36.8 Å². The van der Waals surface area contributed by atoms with Gasteiger partial charge in [0.05, 0.1) is 20.3 Å². The first-order chi connectivity index (χ1) is 14.9. The molecule has 0 bridgehead atoms. The van der Waals surface area contributed by atoms with Crippen LogP contribution in [0.5, 0.6) is 11.5 Å². The number of nitro groups is 1. The van der Waals surface area contributed by atoms with E-state index in [4.69, 9.17) is 9.47 Å². The molecule has 0 spiro atoms. The number of ether oxygens (including phenoxy) is 2. The van der Waals surface area contributed by atoms with Gasteiger partial charge in [-0.1, -0.05) is 6.07 Å². The fourth-order valence-electron chi connectivity index (χ4n) is 3.24. The standard InChI is InChI=1S/C22H27N5O4/c1-15(16-6-5-11-23-13-16)25-21-22(2,27(28)29)10-9-20(26-21)24-14-17-7-8-18(30-3)12-19(17)31-4/h5-9,11-13,15,24H,10,14H2,1-4H3,(H,25,26). The van der Waals surface area contributed by atoms with Crippen LogP contribution in [0.15, 0.2) is 59.6 Å². The third-order valence-electron chi connectivity index (χ3n) is 5.32. The maximum atomic E-state index is 11.8. The Hall–Kier alpha value is -3.62. The molecular weight excluding hydrogens is 398 g/mol. The highest BCUT2D eigenvalue weighted by atomic mass is 16.6. The maximum Gasteiger partial charge on any atom is 0.279 e. The van der Waals surface area contributed by atoms with Crippen LogP contribution >= 0.6 is 0 Å². The number of amidine groups is 1.